The van der Waals surface area contributed by atoms with Gasteiger partial charge in [-0.3, -0.25) is 9.59 Å². The molecule has 0 aromatic carbocycles. The third kappa shape index (κ3) is 6.72. The first kappa shape index (κ1) is 15.3. The van der Waals surface area contributed by atoms with Crippen LogP contribution < -0.4 is 0 Å². The summed E-state index contributed by atoms with van der Waals surface area (Å²) in [5, 5.41) is 9.61. The molecule has 0 rings (SSSR count). The number of hydrogen-bond donors (Lipinski definition) is 1. The van der Waals surface area contributed by atoms with Crippen LogP contribution in [0.4, 0.5) is 0 Å². The summed E-state index contributed by atoms with van der Waals surface area (Å²) in [6.45, 7) is 11.5. The second-order valence-electron chi connectivity index (χ2n) is 6.81. The molecule has 0 saturated carbocycles. The average molecular weight is 228 g/mol. The minimum Gasteiger partial charge on any atom is -0.378 e. The maximum absolute atomic E-state index is 11.6. The van der Waals surface area contributed by atoms with Crippen molar-refractivity contribution in [1.29, 1.82) is 0 Å². The van der Waals surface area contributed by atoms with Gasteiger partial charge >= 0.3 is 0 Å². The van der Waals surface area contributed by atoms with E-state index >= 15 is 0 Å². The van der Waals surface area contributed by atoms with Crippen molar-refractivity contribution in [3.63, 3.8) is 0 Å². The fourth-order valence-electron chi connectivity index (χ4n) is 1.42. The number of Topliss-reactive ketones (excluding diaryl/α,β-unsaturated/α-hetero) is 2. The predicted octanol–water partition coefficient (Wildman–Crippen LogP) is 2.36. The van der Waals surface area contributed by atoms with Gasteiger partial charge in [0.25, 0.3) is 0 Å². The van der Waals surface area contributed by atoms with Gasteiger partial charge < -0.3 is 5.11 Å². The topological polar surface area (TPSA) is 54.4 Å². The maximum atomic E-state index is 11.6. The first-order chi connectivity index (χ1) is 6.92. The van der Waals surface area contributed by atoms with Crippen molar-refractivity contribution in [3.8, 4) is 0 Å². The number of carbonyl (C=O) groups excluding carboxylic acids is 2. The van der Waals surface area contributed by atoms with Crippen LogP contribution in [-0.2, 0) is 9.59 Å². The van der Waals surface area contributed by atoms with Gasteiger partial charge in [0, 0.05) is 12.8 Å². The van der Waals surface area contributed by atoms with Crippen LogP contribution in [0.3, 0.4) is 0 Å². The van der Waals surface area contributed by atoms with Gasteiger partial charge in [0.15, 0.2) is 17.7 Å². The van der Waals surface area contributed by atoms with E-state index in [1.807, 2.05) is 41.5 Å². The molecule has 0 fully saturated rings. The van der Waals surface area contributed by atoms with Crippen LogP contribution >= 0.6 is 0 Å². The Hall–Kier alpha value is -0.700. The number of aliphatic hydroxyl groups is 1. The summed E-state index contributed by atoms with van der Waals surface area (Å²) >= 11 is 0. The normalized spacial score (nSPS) is 13.0. The molecule has 0 aliphatic carbocycles. The van der Waals surface area contributed by atoms with E-state index in [4.69, 9.17) is 0 Å². The number of aliphatic hydroxyl groups excluding tert-OH is 1. The molecule has 16 heavy (non-hydrogen) atoms. The minimum atomic E-state index is -1.45. The van der Waals surface area contributed by atoms with Crippen molar-refractivity contribution in [1.82, 2.24) is 0 Å². The molecule has 0 aromatic heterocycles. The summed E-state index contributed by atoms with van der Waals surface area (Å²) in [6.07, 6.45) is -0.993. The maximum Gasteiger partial charge on any atom is 0.170 e. The third-order valence-corrected chi connectivity index (χ3v) is 2.02. The second kappa shape index (κ2) is 5.09. The molecule has 0 unspecified atom stereocenters. The van der Waals surface area contributed by atoms with Gasteiger partial charge in [0.2, 0.25) is 0 Å². The lowest BCUT2D eigenvalue weighted by Crippen LogP contribution is -2.34. The standard InChI is InChI=1S/C13H24O3/c1-12(2,3)7-9(14)11(16)10(15)8-13(4,5)6/h11,16H,7-8H2,1-6H3. The van der Waals surface area contributed by atoms with Gasteiger partial charge in [-0.25, -0.2) is 0 Å². The number of ketones is 2. The third-order valence-electron chi connectivity index (χ3n) is 2.02. The summed E-state index contributed by atoms with van der Waals surface area (Å²) < 4.78 is 0. The van der Waals surface area contributed by atoms with E-state index in [1.165, 1.54) is 0 Å². The predicted molar refractivity (Wildman–Crippen MR) is 64.2 cm³/mol. The highest BCUT2D eigenvalue weighted by molar-refractivity contribution is 6.05. The van der Waals surface area contributed by atoms with Gasteiger partial charge in [-0.1, -0.05) is 41.5 Å². The van der Waals surface area contributed by atoms with Gasteiger partial charge in [0.05, 0.1) is 0 Å². The van der Waals surface area contributed by atoms with Crippen LogP contribution in [0.1, 0.15) is 54.4 Å². The fourth-order valence-corrected chi connectivity index (χ4v) is 1.42. The highest BCUT2D eigenvalue weighted by Crippen LogP contribution is 2.23. The molecule has 0 aliphatic heterocycles. The lowest BCUT2D eigenvalue weighted by molar-refractivity contribution is -0.140. The van der Waals surface area contributed by atoms with Crippen LogP contribution in [0, 0.1) is 10.8 Å². The molecule has 3 heteroatoms. The van der Waals surface area contributed by atoms with Crippen LogP contribution in [0.25, 0.3) is 0 Å². The van der Waals surface area contributed by atoms with Crippen LogP contribution in [0.5, 0.6) is 0 Å². The molecule has 0 aromatic rings. The Balaban J connectivity index is 4.40. The fraction of sp³-hybridized carbons (Fsp3) is 0.846. The summed E-state index contributed by atoms with van der Waals surface area (Å²) in [4.78, 5) is 23.2. The van der Waals surface area contributed by atoms with Crippen LogP contribution in [-0.4, -0.2) is 22.8 Å². The van der Waals surface area contributed by atoms with Crippen molar-refractivity contribution in [2.45, 2.75) is 60.5 Å². The minimum absolute atomic E-state index is 0.194. The Morgan fingerprint density at radius 2 is 1.12 bits per heavy atom. The van der Waals surface area contributed by atoms with Crippen molar-refractivity contribution >= 4 is 11.6 Å². The summed E-state index contributed by atoms with van der Waals surface area (Å²) in [7, 11) is 0. The van der Waals surface area contributed by atoms with Gasteiger partial charge in [-0.2, -0.15) is 0 Å². The lowest BCUT2D eigenvalue weighted by atomic mass is 9.84. The molecule has 0 atom stereocenters. The van der Waals surface area contributed by atoms with Crippen molar-refractivity contribution in [2.75, 3.05) is 0 Å². The monoisotopic (exact) mass is 228 g/mol. The smallest absolute Gasteiger partial charge is 0.170 e. The Morgan fingerprint density at radius 1 is 0.875 bits per heavy atom. The Morgan fingerprint density at radius 3 is 1.31 bits per heavy atom. The molecule has 3 nitrogen and oxygen atoms in total. The zero-order valence-corrected chi connectivity index (χ0v) is 11.3. The molecule has 0 bridgehead atoms. The number of hydrogen-bond acceptors (Lipinski definition) is 3. The molecule has 0 aliphatic rings. The second-order valence-corrected chi connectivity index (χ2v) is 6.81. The van der Waals surface area contributed by atoms with E-state index < -0.39 is 6.10 Å². The molecular weight excluding hydrogens is 204 g/mol. The highest BCUT2D eigenvalue weighted by atomic mass is 16.3. The van der Waals surface area contributed by atoms with Gasteiger partial charge in [0.1, 0.15) is 0 Å². The first-order valence-corrected chi connectivity index (χ1v) is 5.66. The zero-order valence-electron chi connectivity index (χ0n) is 11.3. The quantitative estimate of drug-likeness (QED) is 0.751. The van der Waals surface area contributed by atoms with Gasteiger partial charge in [-0.05, 0) is 10.8 Å². The summed E-state index contributed by atoms with van der Waals surface area (Å²) in [6, 6.07) is 0. The molecule has 0 amide bonds. The van der Waals surface area contributed by atoms with Crippen molar-refractivity contribution in [3.05, 3.63) is 0 Å². The first-order valence-electron chi connectivity index (χ1n) is 5.66. The number of carbonyl (C=O) groups is 2. The Bertz CT molecular complexity index is 238. The molecule has 0 spiro atoms. The van der Waals surface area contributed by atoms with E-state index in [1.54, 1.807) is 0 Å². The van der Waals surface area contributed by atoms with Crippen LogP contribution in [0.2, 0.25) is 0 Å². The number of rotatable bonds is 4. The van der Waals surface area contributed by atoms with E-state index in [9.17, 15) is 14.7 Å². The lowest BCUT2D eigenvalue weighted by Gasteiger charge is -2.21. The summed E-state index contributed by atoms with van der Waals surface area (Å²) in [5.41, 5.74) is -0.389. The SMILES string of the molecule is CC(C)(C)CC(=O)C(O)C(=O)CC(C)(C)C. The van der Waals surface area contributed by atoms with E-state index in [0.29, 0.717) is 0 Å². The molecule has 94 valence electrons. The molecule has 1 N–H and O–H groups in total. The van der Waals surface area contributed by atoms with E-state index in [0.717, 1.165) is 0 Å². The van der Waals surface area contributed by atoms with E-state index in [2.05, 4.69) is 0 Å². The van der Waals surface area contributed by atoms with Crippen molar-refractivity contribution < 1.29 is 14.7 Å². The van der Waals surface area contributed by atoms with E-state index in [-0.39, 0.29) is 35.2 Å². The molecular formula is C13H24O3. The van der Waals surface area contributed by atoms with Crippen molar-refractivity contribution in [2.24, 2.45) is 10.8 Å². The highest BCUT2D eigenvalue weighted by Gasteiger charge is 2.29. The molecule has 0 saturated heterocycles. The largest absolute Gasteiger partial charge is 0.378 e. The molecule has 0 radical (unpaired) electrons. The molecule has 0 heterocycles. The summed E-state index contributed by atoms with van der Waals surface area (Å²) in [5.74, 6) is -0.747. The van der Waals surface area contributed by atoms with Gasteiger partial charge in [-0.15, -0.1) is 0 Å². The Kier molecular flexibility index (Phi) is 4.86. The average Bonchev–Trinajstić information content (AvgIpc) is 1.96. The van der Waals surface area contributed by atoms with Crippen LogP contribution in [0.15, 0.2) is 0 Å². The Labute approximate surface area is 98.2 Å². The zero-order chi connectivity index (χ0) is 13.1.